The molecule has 4 nitrogen and oxygen atoms in total. The molecular weight excluding hydrogens is 286 g/mol. The highest BCUT2D eigenvalue weighted by molar-refractivity contribution is 7.99. The summed E-state index contributed by atoms with van der Waals surface area (Å²) in [6, 6.07) is 6.18. The van der Waals surface area contributed by atoms with Gasteiger partial charge in [-0.3, -0.25) is 9.59 Å². The fraction of sp³-hybridized carbons (Fsp3) is 0.500. The van der Waals surface area contributed by atoms with Gasteiger partial charge in [0.1, 0.15) is 5.75 Å². The number of ketones is 1. The van der Waals surface area contributed by atoms with Crippen LogP contribution in [0.3, 0.4) is 0 Å². The third-order valence-corrected chi connectivity index (χ3v) is 4.08. The van der Waals surface area contributed by atoms with Crippen molar-refractivity contribution in [2.75, 3.05) is 11.5 Å². The number of phenolic OH excluding ortho intramolecular Hbond substituents is 1. The van der Waals surface area contributed by atoms with E-state index in [9.17, 15) is 14.7 Å². The van der Waals surface area contributed by atoms with Crippen LogP contribution in [0.1, 0.15) is 32.3 Å². The van der Waals surface area contributed by atoms with Crippen LogP contribution in [0.2, 0.25) is 0 Å². The van der Waals surface area contributed by atoms with E-state index >= 15 is 0 Å². The molecule has 0 bridgehead atoms. The Morgan fingerprint density at radius 2 is 1.95 bits per heavy atom. The molecule has 0 unspecified atom stereocenters. The fourth-order valence-electron chi connectivity index (χ4n) is 1.91. The number of hydrogen-bond donors (Lipinski definition) is 2. The Morgan fingerprint density at radius 3 is 2.52 bits per heavy atom. The van der Waals surface area contributed by atoms with Crippen molar-refractivity contribution in [3.05, 3.63) is 29.8 Å². The van der Waals surface area contributed by atoms with Crippen molar-refractivity contribution >= 4 is 23.5 Å². The quantitative estimate of drug-likeness (QED) is 0.688. The van der Waals surface area contributed by atoms with E-state index < -0.39 is 6.04 Å². The van der Waals surface area contributed by atoms with E-state index in [1.807, 2.05) is 11.8 Å². The van der Waals surface area contributed by atoms with E-state index in [1.165, 1.54) is 6.92 Å². The number of benzene rings is 1. The number of aromatic hydroxyl groups is 1. The molecule has 1 aromatic rings. The van der Waals surface area contributed by atoms with Crippen molar-refractivity contribution < 1.29 is 14.7 Å². The highest BCUT2D eigenvalue weighted by Gasteiger charge is 2.17. The summed E-state index contributed by atoms with van der Waals surface area (Å²) in [7, 11) is 0. The molecule has 1 atom stereocenters. The lowest BCUT2D eigenvalue weighted by Crippen LogP contribution is -2.41. The zero-order valence-electron chi connectivity index (χ0n) is 12.6. The molecule has 0 saturated carbocycles. The highest BCUT2D eigenvalue weighted by Crippen LogP contribution is 2.12. The molecule has 0 heterocycles. The van der Waals surface area contributed by atoms with Gasteiger partial charge in [-0.05, 0) is 49.0 Å². The van der Waals surface area contributed by atoms with Crippen LogP contribution >= 0.6 is 11.8 Å². The Morgan fingerprint density at radius 1 is 1.29 bits per heavy atom. The van der Waals surface area contributed by atoms with Gasteiger partial charge >= 0.3 is 0 Å². The van der Waals surface area contributed by atoms with Gasteiger partial charge in [-0.2, -0.15) is 11.8 Å². The lowest BCUT2D eigenvalue weighted by molar-refractivity contribution is -0.126. The van der Waals surface area contributed by atoms with Gasteiger partial charge in [0.2, 0.25) is 5.91 Å². The molecule has 0 radical (unpaired) electrons. The smallest absolute Gasteiger partial charge is 0.220 e. The Bertz CT molecular complexity index is 459. The molecule has 0 aliphatic heterocycles. The number of carbonyl (C=O) groups is 2. The zero-order valence-corrected chi connectivity index (χ0v) is 13.4. The van der Waals surface area contributed by atoms with Crippen LogP contribution in [0.25, 0.3) is 0 Å². The molecule has 5 heteroatoms. The molecule has 1 rings (SSSR count). The molecule has 2 N–H and O–H groups in total. The first kappa shape index (κ1) is 17.6. The van der Waals surface area contributed by atoms with Crippen molar-refractivity contribution in [3.8, 4) is 5.75 Å². The minimum Gasteiger partial charge on any atom is -0.508 e. The lowest BCUT2D eigenvalue weighted by Gasteiger charge is -2.16. The first-order valence-electron chi connectivity index (χ1n) is 7.18. The summed E-state index contributed by atoms with van der Waals surface area (Å²) < 4.78 is 0. The van der Waals surface area contributed by atoms with E-state index in [-0.39, 0.29) is 17.4 Å². The van der Waals surface area contributed by atoms with Gasteiger partial charge in [-0.15, -0.1) is 0 Å². The standard InChI is InChI=1S/C16H23NO3S/c1-3-21-10-4-5-16(20)17-15(12(2)18)11-13-6-8-14(19)9-7-13/h6-9,15,19H,3-5,10-11H2,1-2H3,(H,17,20)/t15-/m0/s1. The molecule has 1 amide bonds. The molecule has 0 fully saturated rings. The predicted octanol–water partition coefficient (Wildman–Crippen LogP) is 2.54. The first-order chi connectivity index (χ1) is 10.0. The van der Waals surface area contributed by atoms with Gasteiger partial charge in [-0.1, -0.05) is 19.1 Å². The SMILES string of the molecule is CCSCCCC(=O)N[C@@H](Cc1ccc(O)cc1)C(C)=O. The Balaban J connectivity index is 2.48. The van der Waals surface area contributed by atoms with E-state index in [0.717, 1.165) is 23.5 Å². The van der Waals surface area contributed by atoms with Crippen LogP contribution < -0.4 is 5.32 Å². The fourth-order valence-corrected chi connectivity index (χ4v) is 2.55. The van der Waals surface area contributed by atoms with Crippen LogP contribution in [0.4, 0.5) is 0 Å². The number of thioether (sulfide) groups is 1. The number of Topliss-reactive ketones (excluding diaryl/α,β-unsaturated/α-hetero) is 1. The number of phenols is 1. The van der Waals surface area contributed by atoms with Crippen molar-refractivity contribution in [1.29, 1.82) is 0 Å². The maximum Gasteiger partial charge on any atom is 0.220 e. The Kier molecular flexibility index (Phi) is 7.90. The summed E-state index contributed by atoms with van der Waals surface area (Å²) >= 11 is 1.81. The number of carbonyl (C=O) groups excluding carboxylic acids is 2. The van der Waals surface area contributed by atoms with E-state index in [2.05, 4.69) is 12.2 Å². The van der Waals surface area contributed by atoms with Crippen LogP contribution in [-0.4, -0.2) is 34.3 Å². The summed E-state index contributed by atoms with van der Waals surface area (Å²) in [6.45, 7) is 3.58. The molecule has 21 heavy (non-hydrogen) atoms. The van der Waals surface area contributed by atoms with Gasteiger partial charge in [-0.25, -0.2) is 0 Å². The van der Waals surface area contributed by atoms with Crippen LogP contribution in [-0.2, 0) is 16.0 Å². The molecule has 0 aromatic heterocycles. The van der Waals surface area contributed by atoms with Gasteiger partial charge < -0.3 is 10.4 Å². The molecule has 116 valence electrons. The Labute approximate surface area is 130 Å². The van der Waals surface area contributed by atoms with Crippen molar-refractivity contribution in [3.63, 3.8) is 0 Å². The highest BCUT2D eigenvalue weighted by atomic mass is 32.2. The normalized spacial score (nSPS) is 11.9. The molecule has 1 aromatic carbocycles. The Hall–Kier alpha value is -1.49. The molecule has 0 saturated heterocycles. The average molecular weight is 309 g/mol. The van der Waals surface area contributed by atoms with Crippen LogP contribution in [0.5, 0.6) is 5.75 Å². The van der Waals surface area contributed by atoms with E-state index in [0.29, 0.717) is 12.8 Å². The second-order valence-corrected chi connectivity index (χ2v) is 6.30. The maximum absolute atomic E-state index is 11.9. The third-order valence-electron chi connectivity index (χ3n) is 3.10. The average Bonchev–Trinajstić information content (AvgIpc) is 2.45. The van der Waals surface area contributed by atoms with Crippen molar-refractivity contribution in [2.24, 2.45) is 0 Å². The molecule has 0 aliphatic rings. The zero-order chi connectivity index (χ0) is 15.7. The minimum atomic E-state index is -0.499. The summed E-state index contributed by atoms with van der Waals surface area (Å²) in [5, 5.41) is 12.0. The summed E-state index contributed by atoms with van der Waals surface area (Å²) in [4.78, 5) is 23.5. The minimum absolute atomic E-state index is 0.0561. The van der Waals surface area contributed by atoms with E-state index in [4.69, 9.17) is 0 Å². The predicted molar refractivity (Wildman–Crippen MR) is 86.7 cm³/mol. The van der Waals surface area contributed by atoms with Gasteiger partial charge in [0.25, 0.3) is 0 Å². The summed E-state index contributed by atoms with van der Waals surface area (Å²) in [5.74, 6) is 2.08. The maximum atomic E-state index is 11.9. The molecular formula is C16H23NO3S. The number of nitrogens with one attached hydrogen (secondary N) is 1. The van der Waals surface area contributed by atoms with Crippen molar-refractivity contribution in [2.45, 2.75) is 39.2 Å². The van der Waals surface area contributed by atoms with Crippen molar-refractivity contribution in [1.82, 2.24) is 5.32 Å². The first-order valence-corrected chi connectivity index (χ1v) is 8.34. The van der Waals surface area contributed by atoms with Crippen LogP contribution in [0, 0.1) is 0 Å². The van der Waals surface area contributed by atoms with Gasteiger partial charge in [0.15, 0.2) is 5.78 Å². The topological polar surface area (TPSA) is 66.4 Å². The lowest BCUT2D eigenvalue weighted by atomic mass is 10.0. The largest absolute Gasteiger partial charge is 0.508 e. The number of amides is 1. The van der Waals surface area contributed by atoms with E-state index in [1.54, 1.807) is 24.3 Å². The number of hydrogen-bond acceptors (Lipinski definition) is 4. The summed E-state index contributed by atoms with van der Waals surface area (Å²) in [5.41, 5.74) is 0.912. The second kappa shape index (κ2) is 9.45. The van der Waals surface area contributed by atoms with Crippen LogP contribution in [0.15, 0.2) is 24.3 Å². The van der Waals surface area contributed by atoms with Gasteiger partial charge in [0.05, 0.1) is 6.04 Å². The third kappa shape index (κ3) is 7.18. The van der Waals surface area contributed by atoms with Gasteiger partial charge in [0, 0.05) is 6.42 Å². The monoisotopic (exact) mass is 309 g/mol. The summed E-state index contributed by atoms with van der Waals surface area (Å²) in [6.07, 6.45) is 1.73. The number of rotatable bonds is 9. The second-order valence-electron chi connectivity index (χ2n) is 4.90. The molecule has 0 aliphatic carbocycles. The molecule has 0 spiro atoms.